The Kier molecular flexibility index (Phi) is 6.13. The van der Waals surface area contributed by atoms with E-state index in [4.69, 9.17) is 9.84 Å². The molecule has 2 aromatic carbocycles. The molecule has 0 spiro atoms. The second-order valence-corrected chi connectivity index (χ2v) is 6.81. The van der Waals surface area contributed by atoms with Crippen LogP contribution in [0.3, 0.4) is 0 Å². The number of urea groups is 1. The summed E-state index contributed by atoms with van der Waals surface area (Å²) >= 11 is 0. The number of likely N-dealkylation sites (tertiary alicyclic amines) is 1. The predicted molar refractivity (Wildman–Crippen MR) is 102 cm³/mol. The Balaban J connectivity index is 1.78. The monoisotopic (exact) mass is 386 g/mol. The highest BCUT2D eigenvalue weighted by Crippen LogP contribution is 2.25. The van der Waals surface area contributed by atoms with E-state index in [-0.39, 0.29) is 11.8 Å². The fraction of sp³-hybridized carbons (Fsp3) is 0.333. The van der Waals surface area contributed by atoms with Crippen molar-refractivity contribution in [3.05, 3.63) is 65.5 Å². The fourth-order valence-corrected chi connectivity index (χ4v) is 3.35. The van der Waals surface area contributed by atoms with E-state index in [2.05, 4.69) is 5.32 Å². The quantitative estimate of drug-likeness (QED) is 0.825. The number of carboxylic acids is 1. The van der Waals surface area contributed by atoms with Crippen LogP contribution in [0.1, 0.15) is 30.0 Å². The summed E-state index contributed by atoms with van der Waals surface area (Å²) in [5.74, 6) is -0.871. The van der Waals surface area contributed by atoms with Crippen LogP contribution < -0.4 is 10.1 Å². The average Bonchev–Trinajstić information content (AvgIpc) is 2.73. The van der Waals surface area contributed by atoms with Gasteiger partial charge in [-0.3, -0.25) is 4.79 Å². The topological polar surface area (TPSA) is 78.9 Å². The first-order valence-corrected chi connectivity index (χ1v) is 9.15. The molecule has 1 unspecified atom stereocenters. The third-order valence-corrected chi connectivity index (χ3v) is 5.05. The van der Waals surface area contributed by atoms with Gasteiger partial charge in [0.25, 0.3) is 0 Å². The first-order valence-electron chi connectivity index (χ1n) is 9.15. The lowest BCUT2D eigenvalue weighted by molar-refractivity contribution is -0.143. The SMILES string of the molecule is COc1ccc(C(NC(=O)N2CCC(C(=O)O)CC2)c2ccc(F)cc2)cc1. The molecule has 28 heavy (non-hydrogen) atoms. The summed E-state index contributed by atoms with van der Waals surface area (Å²) in [5, 5.41) is 12.1. The Labute approximate surface area is 162 Å². The molecule has 1 saturated heterocycles. The number of amides is 2. The molecule has 1 atom stereocenters. The molecule has 2 amide bonds. The smallest absolute Gasteiger partial charge is 0.318 e. The molecule has 1 heterocycles. The van der Waals surface area contributed by atoms with Gasteiger partial charge in [-0.25, -0.2) is 9.18 Å². The summed E-state index contributed by atoms with van der Waals surface area (Å²) < 4.78 is 18.5. The molecule has 0 aliphatic carbocycles. The van der Waals surface area contributed by atoms with E-state index in [1.807, 2.05) is 12.1 Å². The van der Waals surface area contributed by atoms with Crippen LogP contribution in [-0.2, 0) is 4.79 Å². The number of carbonyl (C=O) groups excluding carboxylic acids is 1. The summed E-state index contributed by atoms with van der Waals surface area (Å²) in [7, 11) is 1.58. The standard InChI is InChI=1S/C21H23FN2O4/c1-28-18-8-4-15(5-9-18)19(14-2-6-17(22)7-3-14)23-21(27)24-12-10-16(11-13-24)20(25)26/h2-9,16,19H,10-13H2,1H3,(H,23,27)(H,25,26). The van der Waals surface area contributed by atoms with Crippen LogP contribution in [0.4, 0.5) is 9.18 Å². The molecule has 6 nitrogen and oxygen atoms in total. The van der Waals surface area contributed by atoms with Gasteiger partial charge in [-0.05, 0) is 48.2 Å². The molecule has 2 N–H and O–H groups in total. The number of halogens is 1. The third kappa shape index (κ3) is 4.60. The fourth-order valence-electron chi connectivity index (χ4n) is 3.35. The Morgan fingerprint density at radius 3 is 2.11 bits per heavy atom. The van der Waals surface area contributed by atoms with Crippen LogP contribution in [0, 0.1) is 11.7 Å². The molecular weight excluding hydrogens is 363 g/mol. The first-order chi connectivity index (χ1) is 13.5. The van der Waals surface area contributed by atoms with Crippen molar-refractivity contribution >= 4 is 12.0 Å². The van der Waals surface area contributed by atoms with Gasteiger partial charge in [-0.15, -0.1) is 0 Å². The van der Waals surface area contributed by atoms with Gasteiger partial charge >= 0.3 is 12.0 Å². The summed E-state index contributed by atoms with van der Waals surface area (Å²) in [6.45, 7) is 0.781. The van der Waals surface area contributed by atoms with Crippen LogP contribution in [0.15, 0.2) is 48.5 Å². The maximum atomic E-state index is 13.3. The van der Waals surface area contributed by atoms with E-state index in [1.54, 1.807) is 36.3 Å². The first kappa shape index (κ1) is 19.7. The van der Waals surface area contributed by atoms with Gasteiger partial charge in [0, 0.05) is 13.1 Å². The Hall–Kier alpha value is -3.09. The molecule has 3 rings (SSSR count). The maximum Gasteiger partial charge on any atom is 0.318 e. The molecule has 1 aliphatic rings. The van der Waals surface area contributed by atoms with Crippen molar-refractivity contribution in [2.45, 2.75) is 18.9 Å². The zero-order valence-corrected chi connectivity index (χ0v) is 15.6. The number of carboxylic acid groups (broad SMARTS) is 1. The van der Waals surface area contributed by atoms with Crippen LogP contribution in [0.25, 0.3) is 0 Å². The van der Waals surface area contributed by atoms with Gasteiger partial charge in [0.15, 0.2) is 0 Å². The van der Waals surface area contributed by atoms with Gasteiger partial charge in [0.05, 0.1) is 19.1 Å². The zero-order chi connectivity index (χ0) is 20.1. The second-order valence-electron chi connectivity index (χ2n) is 6.81. The lowest BCUT2D eigenvalue weighted by Gasteiger charge is -2.32. The van der Waals surface area contributed by atoms with E-state index < -0.39 is 17.9 Å². The summed E-state index contributed by atoms with van der Waals surface area (Å²) in [6.07, 6.45) is 0.874. The van der Waals surface area contributed by atoms with Gasteiger partial charge in [-0.2, -0.15) is 0 Å². The summed E-state index contributed by atoms with van der Waals surface area (Å²) in [6, 6.07) is 12.6. The summed E-state index contributed by atoms with van der Waals surface area (Å²) in [4.78, 5) is 25.5. The molecule has 0 aromatic heterocycles. The third-order valence-electron chi connectivity index (χ3n) is 5.05. The Bertz CT molecular complexity index is 815. The van der Waals surface area contributed by atoms with E-state index >= 15 is 0 Å². The highest BCUT2D eigenvalue weighted by Gasteiger charge is 2.28. The number of nitrogens with one attached hydrogen (secondary N) is 1. The Morgan fingerprint density at radius 2 is 1.61 bits per heavy atom. The molecule has 2 aromatic rings. The number of aliphatic carboxylic acids is 1. The minimum atomic E-state index is -0.817. The van der Waals surface area contributed by atoms with Crippen LogP contribution in [-0.4, -0.2) is 42.2 Å². The van der Waals surface area contributed by atoms with Crippen molar-refractivity contribution in [2.75, 3.05) is 20.2 Å². The number of hydrogen-bond donors (Lipinski definition) is 2. The molecule has 0 saturated carbocycles. The van der Waals surface area contributed by atoms with Crippen LogP contribution >= 0.6 is 0 Å². The van der Waals surface area contributed by atoms with Crippen molar-refractivity contribution in [1.82, 2.24) is 10.2 Å². The highest BCUT2D eigenvalue weighted by atomic mass is 19.1. The number of nitrogens with zero attached hydrogens (tertiary/aromatic N) is 1. The van der Waals surface area contributed by atoms with Gasteiger partial charge < -0.3 is 20.1 Å². The van der Waals surface area contributed by atoms with Crippen molar-refractivity contribution in [3.8, 4) is 5.75 Å². The van der Waals surface area contributed by atoms with E-state index in [1.165, 1.54) is 12.1 Å². The molecule has 0 bridgehead atoms. The minimum absolute atomic E-state index is 0.269. The molecular formula is C21H23FN2O4. The predicted octanol–water partition coefficient (Wildman–Crippen LogP) is 3.43. The molecule has 1 aliphatic heterocycles. The van der Waals surface area contributed by atoms with Crippen LogP contribution in [0.2, 0.25) is 0 Å². The molecule has 0 radical (unpaired) electrons. The average molecular weight is 386 g/mol. The Morgan fingerprint density at radius 1 is 1.07 bits per heavy atom. The largest absolute Gasteiger partial charge is 0.497 e. The van der Waals surface area contributed by atoms with Crippen LogP contribution in [0.5, 0.6) is 5.75 Å². The lowest BCUT2D eigenvalue weighted by Crippen LogP contribution is -2.46. The second kappa shape index (κ2) is 8.73. The maximum absolute atomic E-state index is 13.3. The van der Waals surface area contributed by atoms with Gasteiger partial charge in [0.1, 0.15) is 11.6 Å². The van der Waals surface area contributed by atoms with E-state index in [0.717, 1.165) is 11.1 Å². The molecule has 7 heteroatoms. The number of carbonyl (C=O) groups is 2. The van der Waals surface area contributed by atoms with Crippen molar-refractivity contribution in [3.63, 3.8) is 0 Å². The van der Waals surface area contributed by atoms with Gasteiger partial charge in [0.2, 0.25) is 0 Å². The lowest BCUT2D eigenvalue weighted by atomic mass is 9.97. The summed E-state index contributed by atoms with van der Waals surface area (Å²) in [5.41, 5.74) is 1.58. The molecule has 148 valence electrons. The highest BCUT2D eigenvalue weighted by molar-refractivity contribution is 5.76. The van der Waals surface area contributed by atoms with Gasteiger partial charge in [-0.1, -0.05) is 24.3 Å². The number of rotatable bonds is 5. The number of ether oxygens (including phenoxy) is 1. The normalized spacial score (nSPS) is 15.7. The number of benzene rings is 2. The van der Waals surface area contributed by atoms with Crippen molar-refractivity contribution in [1.29, 1.82) is 0 Å². The van der Waals surface area contributed by atoms with Crippen molar-refractivity contribution < 1.29 is 23.8 Å². The van der Waals surface area contributed by atoms with E-state index in [9.17, 15) is 14.0 Å². The molecule has 1 fully saturated rings. The minimum Gasteiger partial charge on any atom is -0.497 e. The number of hydrogen-bond acceptors (Lipinski definition) is 3. The van der Waals surface area contributed by atoms with E-state index in [0.29, 0.717) is 31.7 Å². The van der Waals surface area contributed by atoms with Crippen molar-refractivity contribution in [2.24, 2.45) is 5.92 Å². The number of piperidine rings is 1. The number of methoxy groups -OCH3 is 1. The zero-order valence-electron chi connectivity index (χ0n) is 15.6.